The molecule has 0 radical (unpaired) electrons. The minimum Gasteiger partial charge on any atom is -0.381 e. The van der Waals surface area contributed by atoms with Gasteiger partial charge in [0.2, 0.25) is 0 Å². The van der Waals surface area contributed by atoms with E-state index in [0.29, 0.717) is 12.1 Å². The van der Waals surface area contributed by atoms with Crippen LogP contribution in [0.2, 0.25) is 0 Å². The first kappa shape index (κ1) is 23.4. The van der Waals surface area contributed by atoms with Crippen molar-refractivity contribution in [2.24, 2.45) is 0 Å². The fourth-order valence-electron chi connectivity index (χ4n) is 5.44. The number of nitrogens with one attached hydrogen (secondary N) is 1. The van der Waals surface area contributed by atoms with Crippen molar-refractivity contribution >= 4 is 5.69 Å². The lowest BCUT2D eigenvalue weighted by atomic mass is 10.0. The Balaban J connectivity index is 1.08. The zero-order chi connectivity index (χ0) is 24.0. The smallest absolute Gasteiger partial charge is 0.123 e. The number of anilines is 1. The van der Waals surface area contributed by atoms with Crippen LogP contribution in [0.15, 0.2) is 72.6 Å². The van der Waals surface area contributed by atoms with E-state index < -0.39 is 0 Å². The van der Waals surface area contributed by atoms with E-state index in [4.69, 9.17) is 5.26 Å². The van der Waals surface area contributed by atoms with Crippen LogP contribution in [-0.4, -0.2) is 54.6 Å². The van der Waals surface area contributed by atoms with Crippen molar-refractivity contribution in [1.82, 2.24) is 15.1 Å². The van der Waals surface area contributed by atoms with Crippen LogP contribution in [0.5, 0.6) is 0 Å². The van der Waals surface area contributed by atoms with Crippen molar-refractivity contribution in [3.05, 3.63) is 89.5 Å². The standard InChI is InChI=1S/C29H34FN5/c30-25-7-9-28(10-8-25)34-18-11-26(12-19-34)32-27-2-1-15-35(22-27)29-13-16-33(17-14-29)21-24-5-3-23(20-31)4-6-24/h1-10,22,26,29,32H,11-19,21H2. The van der Waals surface area contributed by atoms with Gasteiger partial charge in [-0.25, -0.2) is 4.39 Å². The van der Waals surface area contributed by atoms with Crippen LogP contribution in [0.4, 0.5) is 10.1 Å². The largest absolute Gasteiger partial charge is 0.381 e. The summed E-state index contributed by atoms with van der Waals surface area (Å²) in [5.41, 5.74) is 4.33. The highest BCUT2D eigenvalue weighted by Crippen LogP contribution is 2.23. The second-order valence-corrected chi connectivity index (χ2v) is 9.88. The van der Waals surface area contributed by atoms with E-state index in [2.05, 4.69) is 56.6 Å². The molecule has 0 amide bonds. The highest BCUT2D eigenvalue weighted by molar-refractivity contribution is 5.46. The summed E-state index contributed by atoms with van der Waals surface area (Å²) in [6.07, 6.45) is 11.3. The van der Waals surface area contributed by atoms with Crippen molar-refractivity contribution in [2.75, 3.05) is 37.6 Å². The van der Waals surface area contributed by atoms with Gasteiger partial charge >= 0.3 is 0 Å². The molecule has 5 rings (SSSR count). The predicted octanol–water partition coefficient (Wildman–Crippen LogP) is 4.63. The first-order chi connectivity index (χ1) is 17.2. The number of nitriles is 1. The molecule has 0 atom stereocenters. The number of rotatable bonds is 6. The predicted molar refractivity (Wildman–Crippen MR) is 138 cm³/mol. The van der Waals surface area contributed by atoms with Crippen LogP contribution < -0.4 is 10.2 Å². The van der Waals surface area contributed by atoms with Gasteiger partial charge in [-0.2, -0.15) is 5.26 Å². The van der Waals surface area contributed by atoms with E-state index in [1.165, 1.54) is 24.1 Å². The molecule has 35 heavy (non-hydrogen) atoms. The highest BCUT2D eigenvalue weighted by Gasteiger charge is 2.25. The minimum absolute atomic E-state index is 0.178. The number of piperidine rings is 2. The molecule has 3 aliphatic rings. The summed E-state index contributed by atoms with van der Waals surface area (Å²) in [5, 5.41) is 12.8. The van der Waals surface area contributed by atoms with E-state index in [1.807, 2.05) is 24.3 Å². The van der Waals surface area contributed by atoms with Gasteiger partial charge in [0.25, 0.3) is 0 Å². The van der Waals surface area contributed by atoms with Crippen LogP contribution in [0.1, 0.15) is 36.8 Å². The Hall–Kier alpha value is -3.30. The molecule has 2 fully saturated rings. The van der Waals surface area contributed by atoms with Crippen LogP contribution in [0.3, 0.4) is 0 Å². The molecule has 0 spiro atoms. The first-order valence-corrected chi connectivity index (χ1v) is 12.8. The van der Waals surface area contributed by atoms with Gasteiger partial charge in [-0.3, -0.25) is 4.90 Å². The van der Waals surface area contributed by atoms with Gasteiger partial charge in [0, 0.05) is 63.2 Å². The Kier molecular flexibility index (Phi) is 7.34. The summed E-state index contributed by atoms with van der Waals surface area (Å²) in [6.45, 7) is 6.11. The van der Waals surface area contributed by atoms with Gasteiger partial charge in [-0.05, 0) is 73.7 Å². The van der Waals surface area contributed by atoms with Crippen LogP contribution >= 0.6 is 0 Å². The Morgan fingerprint density at radius 2 is 1.63 bits per heavy atom. The minimum atomic E-state index is -0.178. The summed E-state index contributed by atoms with van der Waals surface area (Å²) in [5.74, 6) is -0.178. The monoisotopic (exact) mass is 471 g/mol. The zero-order valence-corrected chi connectivity index (χ0v) is 20.2. The molecular formula is C29H34FN5. The van der Waals surface area contributed by atoms with E-state index in [1.54, 1.807) is 12.1 Å². The Morgan fingerprint density at radius 1 is 0.914 bits per heavy atom. The van der Waals surface area contributed by atoms with Gasteiger partial charge in [-0.15, -0.1) is 0 Å². The summed E-state index contributed by atoms with van der Waals surface area (Å²) in [6, 6.07) is 18.1. The number of hydrogen-bond donors (Lipinski definition) is 1. The third kappa shape index (κ3) is 6.04. The number of likely N-dealkylation sites (tertiary alicyclic amines) is 1. The average molecular weight is 472 g/mol. The lowest BCUT2D eigenvalue weighted by Gasteiger charge is -2.39. The third-order valence-corrected chi connectivity index (χ3v) is 7.49. The van der Waals surface area contributed by atoms with Crippen LogP contribution in [0, 0.1) is 17.1 Å². The van der Waals surface area contributed by atoms with Gasteiger partial charge in [0.15, 0.2) is 0 Å². The Labute approximate surface area is 208 Å². The van der Waals surface area contributed by atoms with Crippen LogP contribution in [0.25, 0.3) is 0 Å². The second-order valence-electron chi connectivity index (χ2n) is 9.88. The second kappa shape index (κ2) is 11.0. The number of benzene rings is 2. The van der Waals surface area contributed by atoms with Crippen LogP contribution in [-0.2, 0) is 6.54 Å². The fourth-order valence-corrected chi connectivity index (χ4v) is 5.44. The molecule has 3 heterocycles. The maximum atomic E-state index is 13.2. The highest BCUT2D eigenvalue weighted by atomic mass is 19.1. The van der Waals surface area contributed by atoms with Crippen molar-refractivity contribution in [1.29, 1.82) is 5.26 Å². The zero-order valence-electron chi connectivity index (χ0n) is 20.2. The molecule has 0 aliphatic carbocycles. The average Bonchev–Trinajstić information content (AvgIpc) is 2.91. The Morgan fingerprint density at radius 3 is 2.31 bits per heavy atom. The molecule has 2 saturated heterocycles. The van der Waals surface area contributed by atoms with Crippen molar-refractivity contribution in [3.63, 3.8) is 0 Å². The molecule has 0 aromatic heterocycles. The molecule has 5 nitrogen and oxygen atoms in total. The quantitative estimate of drug-likeness (QED) is 0.665. The summed E-state index contributed by atoms with van der Waals surface area (Å²) in [7, 11) is 0. The van der Waals surface area contributed by atoms with Crippen molar-refractivity contribution in [3.8, 4) is 6.07 Å². The molecular weight excluding hydrogens is 437 g/mol. The Bertz CT molecular complexity index is 1070. The van der Waals surface area contributed by atoms with Crippen molar-refractivity contribution < 1.29 is 4.39 Å². The third-order valence-electron chi connectivity index (χ3n) is 7.49. The molecule has 2 aromatic rings. The lowest BCUT2D eigenvalue weighted by molar-refractivity contribution is 0.141. The summed E-state index contributed by atoms with van der Waals surface area (Å²) < 4.78 is 13.2. The summed E-state index contributed by atoms with van der Waals surface area (Å²) in [4.78, 5) is 7.38. The van der Waals surface area contributed by atoms with E-state index in [9.17, 15) is 4.39 Å². The SMILES string of the molecule is N#Cc1ccc(CN2CCC(N3C=C(NC4CCN(c5ccc(F)cc5)CC4)C=CC3)CC2)cc1. The number of halogens is 1. The molecule has 0 unspecified atom stereocenters. The normalized spacial score (nSPS) is 19.9. The lowest BCUT2D eigenvalue weighted by Crippen LogP contribution is -2.45. The number of nitrogens with zero attached hydrogens (tertiary/aromatic N) is 4. The molecule has 3 aliphatic heterocycles. The molecule has 182 valence electrons. The maximum absolute atomic E-state index is 13.2. The van der Waals surface area contributed by atoms with E-state index in [0.717, 1.165) is 63.4 Å². The molecule has 1 N–H and O–H groups in total. The maximum Gasteiger partial charge on any atom is 0.123 e. The fraction of sp³-hybridized carbons (Fsp3) is 0.414. The van der Waals surface area contributed by atoms with E-state index >= 15 is 0 Å². The first-order valence-electron chi connectivity index (χ1n) is 12.8. The molecule has 0 saturated carbocycles. The molecule has 2 aromatic carbocycles. The molecule has 6 heteroatoms. The number of allylic oxidation sites excluding steroid dienone is 1. The van der Waals surface area contributed by atoms with Gasteiger partial charge in [0.05, 0.1) is 17.3 Å². The van der Waals surface area contributed by atoms with E-state index in [-0.39, 0.29) is 5.82 Å². The van der Waals surface area contributed by atoms with Gasteiger partial charge < -0.3 is 15.1 Å². The van der Waals surface area contributed by atoms with Gasteiger partial charge in [0.1, 0.15) is 5.82 Å². The van der Waals surface area contributed by atoms with Gasteiger partial charge in [-0.1, -0.05) is 18.2 Å². The summed E-state index contributed by atoms with van der Waals surface area (Å²) >= 11 is 0. The molecule has 0 bridgehead atoms. The number of hydrogen-bond acceptors (Lipinski definition) is 5. The topological polar surface area (TPSA) is 45.5 Å². The van der Waals surface area contributed by atoms with Crippen molar-refractivity contribution in [2.45, 2.75) is 44.3 Å².